The largest absolute Gasteiger partial charge is 0.416 e. The first-order valence-corrected chi connectivity index (χ1v) is 16.2. The number of carbonyl (C=O) groups excluding carboxylic acids is 1. The normalized spacial score (nSPS) is 18.9. The number of alkyl halides is 3. The first-order valence-electron chi connectivity index (χ1n) is 14.3. The lowest BCUT2D eigenvalue weighted by Gasteiger charge is -2.37. The Balaban J connectivity index is 1.12. The molecule has 2 aromatic carbocycles. The number of likely N-dealkylation sites (tertiary alicyclic amines) is 1. The van der Waals surface area contributed by atoms with Crippen molar-refractivity contribution < 1.29 is 26.4 Å². The van der Waals surface area contributed by atoms with Crippen molar-refractivity contribution >= 4 is 21.6 Å². The minimum absolute atomic E-state index is 0.149. The molecule has 0 unspecified atom stereocenters. The molecule has 3 aromatic rings. The summed E-state index contributed by atoms with van der Waals surface area (Å²) in [5.41, 5.74) is 4.17. The second-order valence-electron chi connectivity index (χ2n) is 11.4. The maximum Gasteiger partial charge on any atom is 0.416 e. The van der Waals surface area contributed by atoms with Gasteiger partial charge in [0.25, 0.3) is 0 Å². The summed E-state index contributed by atoms with van der Waals surface area (Å²) in [5.74, 6) is 0.177. The minimum atomic E-state index is -4.44. The van der Waals surface area contributed by atoms with Gasteiger partial charge in [0.15, 0.2) is 0 Å². The molecular formula is C30H34F3N5O3S. The van der Waals surface area contributed by atoms with Crippen LogP contribution in [-0.2, 0) is 46.9 Å². The maximum atomic E-state index is 13.1. The highest BCUT2D eigenvalue weighted by atomic mass is 32.2. The fourth-order valence-corrected chi connectivity index (χ4v) is 7.29. The average Bonchev–Trinajstić information content (AvgIpc) is 3.49. The number of para-hydroxylation sites is 1. The Morgan fingerprint density at radius 3 is 2.38 bits per heavy atom. The van der Waals surface area contributed by atoms with Crippen LogP contribution in [0, 0.1) is 0 Å². The Labute approximate surface area is 243 Å². The fraction of sp³-hybridized carbons (Fsp3) is 0.467. The molecule has 1 amide bonds. The van der Waals surface area contributed by atoms with Crippen LogP contribution in [0.25, 0.3) is 11.3 Å². The Morgan fingerprint density at radius 1 is 0.976 bits per heavy atom. The molecule has 4 heterocycles. The van der Waals surface area contributed by atoms with Crippen LogP contribution in [0.4, 0.5) is 18.9 Å². The summed E-state index contributed by atoms with van der Waals surface area (Å²) in [6, 6.07) is 13.1. The third-order valence-electron chi connectivity index (χ3n) is 8.68. The third-order valence-corrected chi connectivity index (χ3v) is 9.93. The highest BCUT2D eigenvalue weighted by molar-refractivity contribution is 7.88. The van der Waals surface area contributed by atoms with Crippen LogP contribution in [0.3, 0.4) is 0 Å². The van der Waals surface area contributed by atoms with E-state index in [0.717, 1.165) is 73.5 Å². The molecule has 0 spiro atoms. The van der Waals surface area contributed by atoms with Crippen molar-refractivity contribution in [3.63, 3.8) is 0 Å². The van der Waals surface area contributed by atoms with Gasteiger partial charge in [-0.1, -0.05) is 30.3 Å². The summed E-state index contributed by atoms with van der Waals surface area (Å²) in [6.45, 7) is 3.77. The molecule has 42 heavy (non-hydrogen) atoms. The van der Waals surface area contributed by atoms with Gasteiger partial charge in [0.2, 0.25) is 15.9 Å². The first kappa shape index (κ1) is 28.9. The van der Waals surface area contributed by atoms with Crippen LogP contribution >= 0.6 is 0 Å². The number of aryl methyl sites for hydroxylation is 1. The van der Waals surface area contributed by atoms with Gasteiger partial charge in [0.05, 0.1) is 23.9 Å². The number of piperidine rings is 1. The number of fused-ring (bicyclic) bond motifs is 2. The fourth-order valence-electron chi connectivity index (χ4n) is 6.51. The lowest BCUT2D eigenvalue weighted by Crippen LogP contribution is -2.46. The van der Waals surface area contributed by atoms with Crippen molar-refractivity contribution in [1.82, 2.24) is 19.0 Å². The molecule has 3 aliphatic rings. The summed E-state index contributed by atoms with van der Waals surface area (Å²) in [6.07, 6.45) is 0.350. The second kappa shape index (κ2) is 11.1. The van der Waals surface area contributed by atoms with Crippen LogP contribution < -0.4 is 4.90 Å². The van der Waals surface area contributed by atoms with Crippen molar-refractivity contribution in [1.29, 1.82) is 0 Å². The van der Waals surface area contributed by atoms with Crippen LogP contribution in [0.1, 0.15) is 41.6 Å². The molecule has 0 N–H and O–H groups in total. The molecule has 1 fully saturated rings. The molecule has 224 valence electrons. The zero-order chi connectivity index (χ0) is 29.6. The number of hydrogen-bond acceptors (Lipinski definition) is 5. The number of hydrogen-bond donors (Lipinski definition) is 0. The number of aromatic nitrogens is 2. The van der Waals surface area contributed by atoms with Gasteiger partial charge in [-0.25, -0.2) is 8.42 Å². The number of halogens is 3. The van der Waals surface area contributed by atoms with E-state index in [1.807, 2.05) is 33.8 Å². The van der Waals surface area contributed by atoms with Gasteiger partial charge in [0, 0.05) is 67.7 Å². The predicted octanol–water partition coefficient (Wildman–Crippen LogP) is 4.33. The van der Waals surface area contributed by atoms with Crippen molar-refractivity contribution in [3.05, 3.63) is 70.9 Å². The van der Waals surface area contributed by atoms with E-state index < -0.39 is 21.8 Å². The third kappa shape index (κ3) is 5.71. The standard InChI is InChI=1S/C30H34F3N5O3S/c1-42(40,41)36-18-13-27-25(20-36)29(21-7-9-23(10-8-21)30(31,32)33)34-37(27)15-4-14-35-16-11-24(12-17-35)38-26-6-3-2-5-22(26)19-28(38)39/h2-3,5-10,24H,4,11-20H2,1H3. The summed E-state index contributed by atoms with van der Waals surface area (Å²) < 4.78 is 67.3. The van der Waals surface area contributed by atoms with Gasteiger partial charge in [-0.3, -0.25) is 9.48 Å². The summed E-state index contributed by atoms with van der Waals surface area (Å²) in [4.78, 5) is 17.1. The number of benzene rings is 2. The highest BCUT2D eigenvalue weighted by Gasteiger charge is 2.35. The molecule has 0 saturated carbocycles. The molecule has 8 nitrogen and oxygen atoms in total. The van der Waals surface area contributed by atoms with Gasteiger partial charge in [-0.05, 0) is 49.6 Å². The van der Waals surface area contributed by atoms with E-state index in [9.17, 15) is 26.4 Å². The van der Waals surface area contributed by atoms with E-state index in [2.05, 4.69) is 4.90 Å². The first-order chi connectivity index (χ1) is 20.0. The summed E-state index contributed by atoms with van der Waals surface area (Å²) in [5, 5.41) is 4.80. The Morgan fingerprint density at radius 2 is 1.69 bits per heavy atom. The molecule has 3 aliphatic heterocycles. The molecule has 0 radical (unpaired) electrons. The molecule has 1 aromatic heterocycles. The lowest BCUT2D eigenvalue weighted by atomic mass is 10.0. The van der Waals surface area contributed by atoms with Crippen LogP contribution in [0.15, 0.2) is 48.5 Å². The highest BCUT2D eigenvalue weighted by Crippen LogP contribution is 2.35. The maximum absolute atomic E-state index is 13.1. The quantitative estimate of drug-likeness (QED) is 0.403. The number of carbonyl (C=O) groups is 1. The number of anilines is 1. The molecule has 0 atom stereocenters. The molecule has 6 rings (SSSR count). The van der Waals surface area contributed by atoms with Gasteiger partial charge in [0.1, 0.15) is 0 Å². The second-order valence-corrected chi connectivity index (χ2v) is 13.4. The van der Waals surface area contributed by atoms with Gasteiger partial charge in [-0.15, -0.1) is 0 Å². The van der Waals surface area contributed by atoms with E-state index in [4.69, 9.17) is 5.10 Å². The lowest BCUT2D eigenvalue weighted by molar-refractivity contribution is -0.137. The van der Waals surface area contributed by atoms with Crippen molar-refractivity contribution in [2.45, 2.75) is 57.4 Å². The number of rotatable bonds is 7. The number of nitrogens with zero attached hydrogens (tertiary/aromatic N) is 5. The molecule has 0 bridgehead atoms. The zero-order valence-corrected chi connectivity index (χ0v) is 24.3. The van der Waals surface area contributed by atoms with Crippen molar-refractivity contribution in [2.24, 2.45) is 0 Å². The van der Waals surface area contributed by atoms with Crippen molar-refractivity contribution in [2.75, 3.05) is 37.3 Å². The van der Waals surface area contributed by atoms with E-state index in [1.54, 1.807) is 0 Å². The summed E-state index contributed by atoms with van der Waals surface area (Å²) in [7, 11) is -3.43. The molecule has 1 saturated heterocycles. The Hall–Kier alpha value is -3.22. The Bertz CT molecular complexity index is 1580. The molecule has 0 aliphatic carbocycles. The van der Waals surface area contributed by atoms with E-state index in [1.165, 1.54) is 22.7 Å². The molecular weight excluding hydrogens is 567 g/mol. The number of sulfonamides is 1. The van der Waals surface area contributed by atoms with Gasteiger partial charge >= 0.3 is 6.18 Å². The van der Waals surface area contributed by atoms with Crippen molar-refractivity contribution in [3.8, 4) is 11.3 Å². The van der Waals surface area contributed by atoms with Crippen LogP contribution in [0.5, 0.6) is 0 Å². The Kier molecular flexibility index (Phi) is 7.65. The van der Waals surface area contributed by atoms with Crippen LogP contribution in [-0.4, -0.2) is 71.8 Å². The molecule has 12 heteroatoms. The average molecular weight is 602 g/mol. The smallest absolute Gasteiger partial charge is 0.309 e. The zero-order valence-electron chi connectivity index (χ0n) is 23.5. The van der Waals surface area contributed by atoms with E-state index >= 15 is 0 Å². The topological polar surface area (TPSA) is 78.8 Å². The SMILES string of the molecule is CS(=O)(=O)N1CCc2c(c(-c3ccc(C(F)(F)F)cc3)nn2CCCN2CCC(N3C(=O)Cc4ccccc43)CC2)C1. The minimum Gasteiger partial charge on any atom is -0.309 e. The van der Waals surface area contributed by atoms with Gasteiger partial charge in [-0.2, -0.15) is 22.6 Å². The van der Waals surface area contributed by atoms with Gasteiger partial charge < -0.3 is 9.80 Å². The number of amides is 1. The predicted molar refractivity (Wildman–Crippen MR) is 153 cm³/mol. The monoisotopic (exact) mass is 601 g/mol. The van der Waals surface area contributed by atoms with E-state index in [0.29, 0.717) is 37.2 Å². The van der Waals surface area contributed by atoms with E-state index in [-0.39, 0.29) is 18.5 Å². The summed E-state index contributed by atoms with van der Waals surface area (Å²) >= 11 is 0. The van der Waals surface area contributed by atoms with Crippen LogP contribution in [0.2, 0.25) is 0 Å².